The molecule has 128 valence electrons. The lowest BCUT2D eigenvalue weighted by Gasteiger charge is -2.05. The second-order valence-corrected chi connectivity index (χ2v) is 7.26. The van der Waals surface area contributed by atoms with Crippen LogP contribution in [-0.4, -0.2) is 23.6 Å². The standard InChI is InChI=1S/C18H16N2O3S2/c1-12-5-3-7-14-17(12)20(11-16(22)23-2)18(25-14)19-15(21)9-8-13-6-4-10-24-13/h3-10H,11H2,1-2H3. The summed E-state index contributed by atoms with van der Waals surface area (Å²) >= 11 is 2.93. The van der Waals surface area contributed by atoms with Crippen LogP contribution in [-0.2, 0) is 20.9 Å². The predicted octanol–water partition coefficient (Wildman–Crippen LogP) is 3.39. The van der Waals surface area contributed by atoms with Crippen LogP contribution in [0.15, 0.2) is 46.8 Å². The van der Waals surface area contributed by atoms with Crippen LogP contribution in [0.2, 0.25) is 0 Å². The Labute approximate surface area is 152 Å². The van der Waals surface area contributed by atoms with Crippen molar-refractivity contribution in [1.29, 1.82) is 0 Å². The van der Waals surface area contributed by atoms with E-state index in [0.717, 1.165) is 20.7 Å². The number of hydrogen-bond donors (Lipinski definition) is 0. The lowest BCUT2D eigenvalue weighted by molar-refractivity contribution is -0.141. The van der Waals surface area contributed by atoms with Gasteiger partial charge in [-0.3, -0.25) is 9.59 Å². The number of carbonyl (C=O) groups is 2. The molecule has 5 nitrogen and oxygen atoms in total. The van der Waals surface area contributed by atoms with Crippen LogP contribution < -0.4 is 4.80 Å². The van der Waals surface area contributed by atoms with Gasteiger partial charge in [-0.05, 0) is 36.1 Å². The quantitative estimate of drug-likeness (QED) is 0.521. The van der Waals surface area contributed by atoms with E-state index < -0.39 is 0 Å². The van der Waals surface area contributed by atoms with E-state index in [1.807, 2.05) is 42.6 Å². The third-order valence-electron chi connectivity index (χ3n) is 3.56. The van der Waals surface area contributed by atoms with E-state index in [9.17, 15) is 9.59 Å². The van der Waals surface area contributed by atoms with Crippen molar-refractivity contribution in [2.24, 2.45) is 4.99 Å². The first-order valence-corrected chi connectivity index (χ1v) is 9.24. The van der Waals surface area contributed by atoms with Crippen molar-refractivity contribution in [3.63, 3.8) is 0 Å². The Balaban J connectivity index is 2.05. The summed E-state index contributed by atoms with van der Waals surface area (Å²) in [6, 6.07) is 9.70. The van der Waals surface area contributed by atoms with Gasteiger partial charge in [-0.25, -0.2) is 0 Å². The van der Waals surface area contributed by atoms with Crippen LogP contribution in [0.4, 0.5) is 0 Å². The molecule has 2 aromatic heterocycles. The fourth-order valence-electron chi connectivity index (χ4n) is 2.40. The second-order valence-electron chi connectivity index (χ2n) is 5.27. The summed E-state index contributed by atoms with van der Waals surface area (Å²) in [7, 11) is 1.34. The molecule has 0 N–H and O–H groups in total. The third-order valence-corrected chi connectivity index (χ3v) is 5.44. The molecular weight excluding hydrogens is 356 g/mol. The summed E-state index contributed by atoms with van der Waals surface area (Å²) in [5, 5.41) is 1.94. The fourth-order valence-corrected chi connectivity index (χ4v) is 4.13. The van der Waals surface area contributed by atoms with E-state index in [1.165, 1.54) is 24.5 Å². The lowest BCUT2D eigenvalue weighted by atomic mass is 10.2. The molecule has 3 aromatic rings. The number of rotatable bonds is 4. The average molecular weight is 372 g/mol. The minimum Gasteiger partial charge on any atom is -0.468 e. The number of esters is 1. The molecule has 0 radical (unpaired) electrons. The Kier molecular flexibility index (Phi) is 5.25. The van der Waals surface area contributed by atoms with Gasteiger partial charge in [0, 0.05) is 11.0 Å². The zero-order chi connectivity index (χ0) is 17.8. The summed E-state index contributed by atoms with van der Waals surface area (Å²) in [5.74, 6) is -0.748. The minimum atomic E-state index is -0.383. The Morgan fingerprint density at radius 2 is 2.12 bits per heavy atom. The summed E-state index contributed by atoms with van der Waals surface area (Å²) in [6.07, 6.45) is 3.17. The zero-order valence-electron chi connectivity index (χ0n) is 13.8. The summed E-state index contributed by atoms with van der Waals surface area (Å²) in [4.78, 5) is 29.6. The van der Waals surface area contributed by atoms with Gasteiger partial charge < -0.3 is 9.30 Å². The van der Waals surface area contributed by atoms with Crippen molar-refractivity contribution in [2.75, 3.05) is 7.11 Å². The number of hydrogen-bond acceptors (Lipinski definition) is 5. The summed E-state index contributed by atoms with van der Waals surface area (Å²) < 4.78 is 7.48. The first-order chi connectivity index (χ1) is 12.1. The maximum absolute atomic E-state index is 12.2. The van der Waals surface area contributed by atoms with Gasteiger partial charge in [0.25, 0.3) is 5.91 Å². The predicted molar refractivity (Wildman–Crippen MR) is 100 cm³/mol. The lowest BCUT2D eigenvalue weighted by Crippen LogP contribution is -2.22. The molecule has 7 heteroatoms. The topological polar surface area (TPSA) is 60.7 Å². The van der Waals surface area contributed by atoms with Crippen molar-refractivity contribution in [3.05, 3.63) is 57.0 Å². The largest absolute Gasteiger partial charge is 0.468 e. The van der Waals surface area contributed by atoms with Gasteiger partial charge in [0.05, 0.1) is 17.3 Å². The van der Waals surface area contributed by atoms with Gasteiger partial charge >= 0.3 is 5.97 Å². The van der Waals surface area contributed by atoms with E-state index in [0.29, 0.717) is 4.80 Å². The smallest absolute Gasteiger partial charge is 0.325 e. The first-order valence-electron chi connectivity index (χ1n) is 7.54. The van der Waals surface area contributed by atoms with Gasteiger partial charge in [-0.15, -0.1) is 11.3 Å². The van der Waals surface area contributed by atoms with Crippen molar-refractivity contribution >= 4 is 50.8 Å². The molecule has 0 aliphatic rings. The molecule has 1 amide bonds. The van der Waals surface area contributed by atoms with Crippen molar-refractivity contribution in [1.82, 2.24) is 4.57 Å². The fraction of sp³-hybridized carbons (Fsp3) is 0.167. The van der Waals surface area contributed by atoms with Gasteiger partial charge in [0.1, 0.15) is 6.54 Å². The third kappa shape index (κ3) is 3.94. The Hall–Kier alpha value is -2.51. The molecule has 0 atom stereocenters. The highest BCUT2D eigenvalue weighted by Crippen LogP contribution is 2.21. The van der Waals surface area contributed by atoms with E-state index in [2.05, 4.69) is 4.99 Å². The number of aromatic nitrogens is 1. The highest BCUT2D eigenvalue weighted by atomic mass is 32.1. The maximum atomic E-state index is 12.2. The molecule has 0 aliphatic carbocycles. The Morgan fingerprint density at radius 1 is 1.28 bits per heavy atom. The number of fused-ring (bicyclic) bond motifs is 1. The molecule has 0 unspecified atom stereocenters. The number of thiazole rings is 1. The summed E-state index contributed by atoms with van der Waals surface area (Å²) in [6.45, 7) is 1.98. The highest BCUT2D eigenvalue weighted by Gasteiger charge is 2.12. The number of thiophene rings is 1. The van der Waals surface area contributed by atoms with Crippen molar-refractivity contribution in [3.8, 4) is 0 Å². The molecule has 0 spiro atoms. The molecular formula is C18H16N2O3S2. The number of carbonyl (C=O) groups excluding carboxylic acids is 2. The van der Waals surface area contributed by atoms with E-state index >= 15 is 0 Å². The maximum Gasteiger partial charge on any atom is 0.325 e. The number of aryl methyl sites for hydroxylation is 1. The molecule has 0 aliphatic heterocycles. The first kappa shape index (κ1) is 17.3. The Bertz CT molecular complexity index is 1010. The average Bonchev–Trinajstić information content (AvgIpc) is 3.22. The van der Waals surface area contributed by atoms with Crippen LogP contribution >= 0.6 is 22.7 Å². The van der Waals surface area contributed by atoms with Gasteiger partial charge in [-0.1, -0.05) is 29.5 Å². The number of ether oxygens (including phenoxy) is 1. The van der Waals surface area contributed by atoms with Crippen LogP contribution in [0.5, 0.6) is 0 Å². The molecule has 1 aromatic carbocycles. The molecule has 25 heavy (non-hydrogen) atoms. The molecule has 2 heterocycles. The Morgan fingerprint density at radius 3 is 2.84 bits per heavy atom. The van der Waals surface area contributed by atoms with E-state index in [-0.39, 0.29) is 18.4 Å². The van der Waals surface area contributed by atoms with Crippen LogP contribution in [0.25, 0.3) is 16.3 Å². The van der Waals surface area contributed by atoms with Gasteiger partial charge in [0.15, 0.2) is 4.80 Å². The molecule has 0 saturated heterocycles. The molecule has 0 saturated carbocycles. The monoisotopic (exact) mass is 372 g/mol. The van der Waals surface area contributed by atoms with Gasteiger partial charge in [-0.2, -0.15) is 4.99 Å². The SMILES string of the molecule is COC(=O)Cn1c(=NC(=O)C=Cc2cccs2)sc2cccc(C)c21. The van der Waals surface area contributed by atoms with E-state index in [1.54, 1.807) is 22.0 Å². The number of para-hydroxylation sites is 1. The number of amides is 1. The van der Waals surface area contributed by atoms with Crippen LogP contribution in [0.1, 0.15) is 10.4 Å². The zero-order valence-corrected chi connectivity index (χ0v) is 15.4. The van der Waals surface area contributed by atoms with E-state index in [4.69, 9.17) is 4.74 Å². The molecule has 0 fully saturated rings. The van der Waals surface area contributed by atoms with Gasteiger partial charge in [0.2, 0.25) is 0 Å². The number of methoxy groups -OCH3 is 1. The number of benzene rings is 1. The normalized spacial score (nSPS) is 12.2. The molecule has 3 rings (SSSR count). The van der Waals surface area contributed by atoms with Crippen LogP contribution in [0, 0.1) is 6.92 Å². The molecule has 0 bridgehead atoms. The van der Waals surface area contributed by atoms with Crippen molar-refractivity contribution in [2.45, 2.75) is 13.5 Å². The minimum absolute atomic E-state index is 0.0160. The van der Waals surface area contributed by atoms with Crippen LogP contribution in [0.3, 0.4) is 0 Å². The highest BCUT2D eigenvalue weighted by molar-refractivity contribution is 7.16. The number of nitrogens with zero attached hydrogens (tertiary/aromatic N) is 2. The van der Waals surface area contributed by atoms with Crippen molar-refractivity contribution < 1.29 is 14.3 Å². The summed E-state index contributed by atoms with van der Waals surface area (Å²) in [5.41, 5.74) is 1.91. The second kappa shape index (κ2) is 7.58.